The molecule has 1 unspecified atom stereocenters. The number of nitrogens with zero attached hydrogens (tertiary/aromatic N) is 2. The lowest BCUT2D eigenvalue weighted by Crippen LogP contribution is -2.38. The summed E-state index contributed by atoms with van der Waals surface area (Å²) in [7, 11) is 0. The zero-order valence-corrected chi connectivity index (χ0v) is 19.5. The lowest BCUT2D eigenvalue weighted by Gasteiger charge is -2.30. The van der Waals surface area contributed by atoms with Gasteiger partial charge in [-0.2, -0.15) is 0 Å². The molecular weight excluding hydrogens is 432 g/mol. The predicted molar refractivity (Wildman–Crippen MR) is 130 cm³/mol. The summed E-state index contributed by atoms with van der Waals surface area (Å²) in [4.78, 5) is 20.6. The average Bonchev–Trinajstić information content (AvgIpc) is 3.12. The number of aryl methyl sites for hydroxylation is 2. The molecule has 5 rings (SSSR count). The van der Waals surface area contributed by atoms with Crippen LogP contribution in [0, 0.1) is 6.92 Å². The summed E-state index contributed by atoms with van der Waals surface area (Å²) in [5.41, 5.74) is 8.51. The number of aliphatic hydroxyl groups excluding tert-OH is 1. The fraction of sp³-hybridized carbons (Fsp3) is 0.407. The van der Waals surface area contributed by atoms with Gasteiger partial charge in [0.15, 0.2) is 0 Å². The van der Waals surface area contributed by atoms with E-state index in [1.807, 2.05) is 0 Å². The topological polar surface area (TPSA) is 103 Å². The van der Waals surface area contributed by atoms with Gasteiger partial charge in [-0.15, -0.1) is 0 Å². The summed E-state index contributed by atoms with van der Waals surface area (Å²) >= 11 is 0. The maximum Gasteiger partial charge on any atom is 0.414 e. The Kier molecular flexibility index (Phi) is 7.34. The highest BCUT2D eigenvalue weighted by Crippen LogP contribution is 2.33. The molecule has 0 fully saturated rings. The van der Waals surface area contributed by atoms with Gasteiger partial charge in [0.25, 0.3) is 0 Å². The third-order valence-corrected chi connectivity index (χ3v) is 6.79. The van der Waals surface area contributed by atoms with Crippen LogP contribution in [0.4, 0.5) is 0 Å². The van der Waals surface area contributed by atoms with Crippen molar-refractivity contribution in [2.24, 2.45) is 0 Å². The van der Waals surface area contributed by atoms with Gasteiger partial charge in [-0.05, 0) is 67.9 Å². The number of aliphatic carboxylic acids is 2. The third-order valence-electron chi connectivity index (χ3n) is 6.79. The molecule has 0 saturated carbocycles. The van der Waals surface area contributed by atoms with Gasteiger partial charge in [0.2, 0.25) is 0 Å². The minimum Gasteiger partial charge on any atom is -0.473 e. The lowest BCUT2D eigenvalue weighted by atomic mass is 9.95. The number of aromatic nitrogens is 1. The van der Waals surface area contributed by atoms with Gasteiger partial charge in [-0.25, -0.2) is 9.59 Å². The Morgan fingerprint density at radius 1 is 0.941 bits per heavy atom. The summed E-state index contributed by atoms with van der Waals surface area (Å²) in [5.74, 6) is -3.65. The summed E-state index contributed by atoms with van der Waals surface area (Å²) in [6.45, 7) is 5.62. The number of carboxylic acid groups (broad SMARTS) is 2. The fourth-order valence-corrected chi connectivity index (χ4v) is 5.23. The van der Waals surface area contributed by atoms with Gasteiger partial charge in [-0.1, -0.05) is 35.9 Å². The van der Waals surface area contributed by atoms with Crippen molar-refractivity contribution in [1.29, 1.82) is 0 Å². The fourth-order valence-electron chi connectivity index (χ4n) is 5.23. The van der Waals surface area contributed by atoms with Gasteiger partial charge in [0, 0.05) is 36.2 Å². The van der Waals surface area contributed by atoms with Crippen molar-refractivity contribution >= 4 is 22.8 Å². The lowest BCUT2D eigenvalue weighted by molar-refractivity contribution is -0.159. The van der Waals surface area contributed by atoms with Crippen LogP contribution in [-0.4, -0.2) is 55.9 Å². The van der Waals surface area contributed by atoms with Crippen molar-refractivity contribution in [2.75, 3.05) is 13.1 Å². The molecule has 0 amide bonds. The molecule has 1 aliphatic carbocycles. The van der Waals surface area contributed by atoms with Crippen molar-refractivity contribution in [3.05, 3.63) is 70.4 Å². The molecule has 3 N–H and O–H groups in total. The number of hydrogen-bond donors (Lipinski definition) is 3. The van der Waals surface area contributed by atoms with Crippen LogP contribution >= 0.6 is 0 Å². The van der Waals surface area contributed by atoms with Crippen molar-refractivity contribution < 1.29 is 24.9 Å². The van der Waals surface area contributed by atoms with Crippen molar-refractivity contribution in [1.82, 2.24) is 9.47 Å². The highest BCUT2D eigenvalue weighted by molar-refractivity contribution is 6.27. The van der Waals surface area contributed by atoms with Gasteiger partial charge < -0.3 is 19.9 Å². The average molecular weight is 465 g/mol. The smallest absolute Gasteiger partial charge is 0.414 e. The Balaban J connectivity index is 0.000000408. The number of carboxylic acids is 2. The molecule has 0 bridgehead atoms. The molecule has 2 heterocycles. The molecule has 2 aliphatic rings. The molecule has 2 aromatic carbocycles. The van der Waals surface area contributed by atoms with Crippen molar-refractivity contribution in [3.8, 4) is 0 Å². The highest BCUT2D eigenvalue weighted by Gasteiger charge is 2.23. The van der Waals surface area contributed by atoms with Crippen LogP contribution < -0.4 is 0 Å². The predicted octanol–water partition coefficient (Wildman–Crippen LogP) is 3.40. The van der Waals surface area contributed by atoms with Gasteiger partial charge in [-0.3, -0.25) is 4.90 Å². The molecule has 34 heavy (non-hydrogen) atoms. The number of fused-ring (bicyclic) bond motifs is 4. The van der Waals surface area contributed by atoms with Crippen LogP contribution in [0.25, 0.3) is 10.9 Å². The second-order valence-electron chi connectivity index (χ2n) is 9.28. The Morgan fingerprint density at radius 2 is 1.65 bits per heavy atom. The molecule has 7 nitrogen and oxygen atoms in total. The van der Waals surface area contributed by atoms with Crippen LogP contribution in [0.2, 0.25) is 0 Å². The van der Waals surface area contributed by atoms with E-state index in [0.29, 0.717) is 6.54 Å². The zero-order chi connectivity index (χ0) is 24.2. The van der Waals surface area contributed by atoms with E-state index in [1.165, 1.54) is 58.1 Å². The molecule has 1 atom stereocenters. The maximum absolute atomic E-state index is 11.0. The SMILES string of the molecule is Cc1ccc2c(c1)c1c(n2CC(O)CN2CCc3ccccc3C2)CCCC1.O=C(O)C(=O)O. The molecule has 7 heteroatoms. The first-order valence-electron chi connectivity index (χ1n) is 11.9. The van der Waals surface area contributed by atoms with Crippen molar-refractivity contribution in [2.45, 2.75) is 58.2 Å². The van der Waals surface area contributed by atoms with E-state index in [2.05, 4.69) is 58.9 Å². The van der Waals surface area contributed by atoms with E-state index >= 15 is 0 Å². The van der Waals surface area contributed by atoms with E-state index in [4.69, 9.17) is 19.8 Å². The molecule has 180 valence electrons. The van der Waals surface area contributed by atoms with E-state index in [0.717, 1.165) is 32.5 Å². The Morgan fingerprint density at radius 3 is 2.38 bits per heavy atom. The summed E-state index contributed by atoms with van der Waals surface area (Å²) in [6.07, 6.45) is 5.63. The Labute approximate surface area is 199 Å². The number of benzene rings is 2. The highest BCUT2D eigenvalue weighted by atomic mass is 16.4. The third kappa shape index (κ3) is 5.32. The summed E-state index contributed by atoms with van der Waals surface area (Å²) < 4.78 is 2.42. The first-order chi connectivity index (χ1) is 16.3. The van der Waals surface area contributed by atoms with Gasteiger partial charge in [0.1, 0.15) is 0 Å². The molecule has 0 spiro atoms. The minimum absolute atomic E-state index is 0.340. The molecule has 0 radical (unpaired) electrons. The number of β-amino-alcohol motifs (C(OH)–C–C–N with tert-alkyl or cyclic N) is 1. The van der Waals surface area contributed by atoms with Gasteiger partial charge >= 0.3 is 11.9 Å². The first kappa shape index (κ1) is 24.0. The van der Waals surface area contributed by atoms with E-state index in [1.54, 1.807) is 0 Å². The number of carbonyl (C=O) groups is 2. The van der Waals surface area contributed by atoms with Crippen molar-refractivity contribution in [3.63, 3.8) is 0 Å². The van der Waals surface area contributed by atoms with Gasteiger partial charge in [0.05, 0.1) is 12.6 Å². The van der Waals surface area contributed by atoms with Crippen LogP contribution in [-0.2, 0) is 41.9 Å². The van der Waals surface area contributed by atoms with Crippen LogP contribution in [0.5, 0.6) is 0 Å². The number of rotatable bonds is 4. The largest absolute Gasteiger partial charge is 0.473 e. The van der Waals surface area contributed by atoms with Crippen LogP contribution in [0.1, 0.15) is 40.8 Å². The second-order valence-corrected chi connectivity index (χ2v) is 9.28. The normalized spacial score (nSPS) is 16.2. The molecular formula is C27H32N2O5. The van der Waals surface area contributed by atoms with E-state index < -0.39 is 11.9 Å². The monoisotopic (exact) mass is 464 g/mol. The number of aliphatic hydroxyl groups is 1. The minimum atomic E-state index is -1.82. The zero-order valence-electron chi connectivity index (χ0n) is 19.5. The van der Waals surface area contributed by atoms with Crippen LogP contribution in [0.3, 0.4) is 0 Å². The molecule has 3 aromatic rings. The Bertz CT molecular complexity index is 1190. The molecule has 1 aromatic heterocycles. The standard InChI is InChI=1S/C25H30N2O.C2H2O4/c1-18-10-11-25-23(14-18)22-8-4-5-9-24(22)27(25)17-21(28)16-26-13-12-19-6-2-3-7-20(19)15-26;3-1(4)2(5)6/h2-3,6-7,10-11,14,21,28H,4-5,8-9,12-13,15-17H2,1H3;(H,3,4)(H,5,6). The van der Waals surface area contributed by atoms with Crippen LogP contribution in [0.15, 0.2) is 42.5 Å². The number of hydrogen-bond acceptors (Lipinski definition) is 4. The quantitative estimate of drug-likeness (QED) is 0.512. The summed E-state index contributed by atoms with van der Waals surface area (Å²) in [5, 5.41) is 27.2. The summed E-state index contributed by atoms with van der Waals surface area (Å²) in [6, 6.07) is 15.5. The maximum atomic E-state index is 11.0. The first-order valence-corrected chi connectivity index (χ1v) is 11.9. The Hall–Kier alpha value is -3.16. The second kappa shape index (κ2) is 10.4. The van der Waals surface area contributed by atoms with E-state index in [-0.39, 0.29) is 6.10 Å². The molecule has 0 saturated heterocycles. The molecule has 1 aliphatic heterocycles. The van der Waals surface area contributed by atoms with E-state index in [9.17, 15) is 5.11 Å².